The van der Waals surface area contributed by atoms with E-state index in [9.17, 15) is 21.6 Å². The van der Waals surface area contributed by atoms with Crippen LogP contribution in [0.25, 0.3) is 0 Å². The zero-order valence-electron chi connectivity index (χ0n) is 11.7. The fraction of sp³-hybridized carbons (Fsp3) is 0.538. The van der Waals surface area contributed by atoms with Crippen LogP contribution in [-0.4, -0.2) is 20.6 Å². The average molecular weight is 324 g/mol. The van der Waals surface area contributed by atoms with Gasteiger partial charge in [-0.15, -0.1) is 0 Å². The Balaban J connectivity index is 2.38. The molecule has 8 heteroatoms. The summed E-state index contributed by atoms with van der Waals surface area (Å²) in [5, 5.41) is 8.08. The van der Waals surface area contributed by atoms with Gasteiger partial charge >= 0.3 is 6.18 Å². The molecular formula is C13H19F3N2O2S. The summed E-state index contributed by atoms with van der Waals surface area (Å²) >= 11 is 0. The van der Waals surface area contributed by atoms with Crippen molar-refractivity contribution in [2.45, 2.75) is 49.8 Å². The van der Waals surface area contributed by atoms with Crippen LogP contribution in [0.15, 0.2) is 29.2 Å². The number of hydrogen-bond acceptors (Lipinski definition) is 3. The molecule has 1 unspecified atom stereocenters. The molecular weight excluding hydrogens is 305 g/mol. The van der Waals surface area contributed by atoms with E-state index in [1.165, 1.54) is 12.1 Å². The minimum atomic E-state index is -4.11. The maximum atomic E-state index is 12.0. The summed E-state index contributed by atoms with van der Waals surface area (Å²) in [6, 6.07) is 6.00. The summed E-state index contributed by atoms with van der Waals surface area (Å²) < 4.78 is 58.2. The first-order valence-electron chi connectivity index (χ1n) is 6.50. The summed E-state index contributed by atoms with van der Waals surface area (Å²) in [5.41, 5.74) is 0.838. The van der Waals surface area contributed by atoms with E-state index >= 15 is 0 Å². The number of nitrogens with one attached hydrogen (secondary N) is 1. The minimum Gasteiger partial charge on any atom is -0.310 e. The number of alkyl halides is 3. The third kappa shape index (κ3) is 7.45. The summed E-state index contributed by atoms with van der Waals surface area (Å²) in [6.07, 6.45) is -4.37. The van der Waals surface area contributed by atoms with E-state index in [-0.39, 0.29) is 17.4 Å². The number of rotatable bonds is 7. The molecule has 0 saturated carbocycles. The third-order valence-electron chi connectivity index (χ3n) is 3.00. The summed E-state index contributed by atoms with van der Waals surface area (Å²) in [4.78, 5) is 0.0319. The van der Waals surface area contributed by atoms with Gasteiger partial charge in [-0.3, -0.25) is 0 Å². The zero-order chi connectivity index (χ0) is 16.1. The largest absolute Gasteiger partial charge is 0.389 e. The Labute approximate surface area is 122 Å². The van der Waals surface area contributed by atoms with Gasteiger partial charge in [-0.1, -0.05) is 12.1 Å². The molecule has 3 N–H and O–H groups in total. The third-order valence-corrected chi connectivity index (χ3v) is 3.93. The standard InChI is InChI=1S/C13H19F3N2O2S/c1-10(3-2-8-13(14,15)16)18-9-11-4-6-12(7-5-11)21(17,19)20/h4-7,10,18H,2-3,8-9H2,1H3,(H2,17,19,20). The van der Waals surface area contributed by atoms with Gasteiger partial charge in [0.2, 0.25) is 10.0 Å². The second-order valence-electron chi connectivity index (χ2n) is 4.98. The molecule has 0 radical (unpaired) electrons. The lowest BCUT2D eigenvalue weighted by Gasteiger charge is -2.14. The van der Waals surface area contributed by atoms with Crippen molar-refractivity contribution in [2.24, 2.45) is 5.14 Å². The maximum Gasteiger partial charge on any atom is 0.389 e. The highest BCUT2D eigenvalue weighted by Crippen LogP contribution is 2.22. The van der Waals surface area contributed by atoms with Gasteiger partial charge in [-0.05, 0) is 37.5 Å². The Morgan fingerprint density at radius 3 is 2.29 bits per heavy atom. The van der Waals surface area contributed by atoms with Gasteiger partial charge in [0.05, 0.1) is 4.90 Å². The van der Waals surface area contributed by atoms with E-state index in [2.05, 4.69) is 5.32 Å². The van der Waals surface area contributed by atoms with Crippen molar-refractivity contribution < 1.29 is 21.6 Å². The van der Waals surface area contributed by atoms with Crippen molar-refractivity contribution in [1.29, 1.82) is 0 Å². The van der Waals surface area contributed by atoms with Crippen LogP contribution in [0.5, 0.6) is 0 Å². The highest BCUT2D eigenvalue weighted by molar-refractivity contribution is 7.89. The van der Waals surface area contributed by atoms with E-state index in [1.54, 1.807) is 12.1 Å². The highest BCUT2D eigenvalue weighted by atomic mass is 32.2. The van der Waals surface area contributed by atoms with Gasteiger partial charge in [-0.25, -0.2) is 13.6 Å². The number of sulfonamides is 1. The lowest BCUT2D eigenvalue weighted by molar-refractivity contribution is -0.135. The summed E-state index contributed by atoms with van der Waals surface area (Å²) in [6.45, 7) is 2.27. The second-order valence-corrected chi connectivity index (χ2v) is 6.54. The molecule has 1 aromatic carbocycles. The highest BCUT2D eigenvalue weighted by Gasteiger charge is 2.26. The molecule has 0 amide bonds. The van der Waals surface area contributed by atoms with Crippen LogP contribution in [0.2, 0.25) is 0 Å². The molecule has 0 aliphatic carbocycles. The number of nitrogens with two attached hydrogens (primary N) is 1. The van der Waals surface area contributed by atoms with E-state index in [4.69, 9.17) is 5.14 Å². The lowest BCUT2D eigenvalue weighted by atomic mass is 10.1. The quantitative estimate of drug-likeness (QED) is 0.809. The van der Waals surface area contributed by atoms with Gasteiger partial charge in [0.1, 0.15) is 0 Å². The normalized spacial score (nSPS) is 14.1. The number of halogens is 3. The first kappa shape index (κ1) is 17.9. The van der Waals surface area contributed by atoms with Crippen LogP contribution in [0.3, 0.4) is 0 Å². The van der Waals surface area contributed by atoms with E-state index in [0.29, 0.717) is 13.0 Å². The SMILES string of the molecule is CC(CCCC(F)(F)F)NCc1ccc(S(N)(=O)=O)cc1. The topological polar surface area (TPSA) is 72.2 Å². The van der Waals surface area contributed by atoms with E-state index < -0.39 is 22.6 Å². The predicted octanol–water partition coefficient (Wildman–Crippen LogP) is 2.54. The van der Waals surface area contributed by atoms with Crippen LogP contribution < -0.4 is 10.5 Å². The van der Waals surface area contributed by atoms with Gasteiger partial charge < -0.3 is 5.32 Å². The van der Waals surface area contributed by atoms with Crippen LogP contribution in [0, 0.1) is 0 Å². The number of primary sulfonamides is 1. The number of hydrogen-bond donors (Lipinski definition) is 2. The van der Waals surface area contributed by atoms with E-state index in [1.807, 2.05) is 6.92 Å². The van der Waals surface area contributed by atoms with Crippen molar-refractivity contribution in [3.05, 3.63) is 29.8 Å². The van der Waals surface area contributed by atoms with Crippen LogP contribution in [-0.2, 0) is 16.6 Å². The van der Waals surface area contributed by atoms with Crippen LogP contribution >= 0.6 is 0 Å². The van der Waals surface area contributed by atoms with Gasteiger partial charge in [0.25, 0.3) is 0 Å². The molecule has 0 bridgehead atoms. The molecule has 0 aromatic heterocycles. The van der Waals surface area contributed by atoms with Crippen molar-refractivity contribution in [1.82, 2.24) is 5.32 Å². The van der Waals surface area contributed by atoms with Crippen LogP contribution in [0.4, 0.5) is 13.2 Å². The van der Waals surface area contributed by atoms with Crippen molar-refractivity contribution in [3.63, 3.8) is 0 Å². The monoisotopic (exact) mass is 324 g/mol. The molecule has 0 saturated heterocycles. The Hall–Kier alpha value is -1.12. The van der Waals surface area contributed by atoms with Gasteiger partial charge in [0, 0.05) is 19.0 Å². The van der Waals surface area contributed by atoms with Crippen molar-refractivity contribution in [2.75, 3.05) is 0 Å². The predicted molar refractivity (Wildman–Crippen MR) is 74.0 cm³/mol. The zero-order valence-corrected chi connectivity index (χ0v) is 12.5. The molecule has 0 spiro atoms. The van der Waals surface area contributed by atoms with Crippen LogP contribution in [0.1, 0.15) is 31.7 Å². The molecule has 120 valence electrons. The molecule has 0 fully saturated rings. The molecule has 0 aliphatic rings. The molecule has 4 nitrogen and oxygen atoms in total. The molecule has 0 heterocycles. The van der Waals surface area contributed by atoms with Gasteiger partial charge in [0.15, 0.2) is 0 Å². The Bertz CT molecular complexity index is 542. The molecule has 0 aliphatic heterocycles. The Kier molecular flexibility index (Phi) is 6.18. The van der Waals surface area contributed by atoms with E-state index in [0.717, 1.165) is 5.56 Å². The molecule has 1 aromatic rings. The molecule has 21 heavy (non-hydrogen) atoms. The Morgan fingerprint density at radius 1 is 1.24 bits per heavy atom. The molecule has 1 atom stereocenters. The smallest absolute Gasteiger partial charge is 0.310 e. The second kappa shape index (κ2) is 7.24. The minimum absolute atomic E-state index is 0.0319. The fourth-order valence-corrected chi connectivity index (χ4v) is 2.32. The van der Waals surface area contributed by atoms with Gasteiger partial charge in [-0.2, -0.15) is 13.2 Å². The fourth-order valence-electron chi connectivity index (χ4n) is 1.80. The maximum absolute atomic E-state index is 12.0. The number of benzene rings is 1. The summed E-state index contributed by atoms with van der Waals surface area (Å²) in [5.74, 6) is 0. The van der Waals surface area contributed by atoms with Crippen molar-refractivity contribution >= 4 is 10.0 Å². The molecule has 1 rings (SSSR count). The van der Waals surface area contributed by atoms with Crippen molar-refractivity contribution in [3.8, 4) is 0 Å². The first-order valence-corrected chi connectivity index (χ1v) is 8.04. The average Bonchev–Trinajstić information content (AvgIpc) is 2.34. The summed E-state index contributed by atoms with van der Waals surface area (Å²) in [7, 11) is -3.70. The Morgan fingerprint density at radius 2 is 1.81 bits per heavy atom. The lowest BCUT2D eigenvalue weighted by Crippen LogP contribution is -2.26. The first-order chi connectivity index (χ1) is 9.58.